The molecular formula is C47H30N6. The van der Waals surface area contributed by atoms with Gasteiger partial charge in [-0.05, 0) is 71.8 Å². The van der Waals surface area contributed by atoms with Crippen LogP contribution in [-0.2, 0) is 0 Å². The maximum atomic E-state index is 5.21. The maximum Gasteiger partial charge on any atom is 0.238 e. The lowest BCUT2D eigenvalue weighted by molar-refractivity contribution is 0.972. The van der Waals surface area contributed by atoms with Crippen molar-refractivity contribution in [2.75, 3.05) is 0 Å². The number of aromatic nitrogens is 6. The van der Waals surface area contributed by atoms with Gasteiger partial charge in [-0.1, -0.05) is 121 Å². The summed E-state index contributed by atoms with van der Waals surface area (Å²) >= 11 is 0. The molecule has 6 heteroatoms. The van der Waals surface area contributed by atoms with E-state index in [1.54, 1.807) is 0 Å². The van der Waals surface area contributed by atoms with E-state index in [1.165, 1.54) is 21.8 Å². The molecule has 0 radical (unpaired) electrons. The summed E-state index contributed by atoms with van der Waals surface area (Å²) in [4.78, 5) is 15.6. The molecule has 0 aliphatic heterocycles. The lowest BCUT2D eigenvalue weighted by Crippen LogP contribution is -2.04. The van der Waals surface area contributed by atoms with E-state index in [2.05, 4.69) is 153 Å². The first-order chi connectivity index (χ1) is 26.3. The van der Waals surface area contributed by atoms with Gasteiger partial charge in [0.25, 0.3) is 0 Å². The minimum Gasteiger partial charge on any atom is -0.309 e. The van der Waals surface area contributed by atoms with Crippen LogP contribution in [0.15, 0.2) is 182 Å². The van der Waals surface area contributed by atoms with E-state index < -0.39 is 0 Å². The molecule has 6 nitrogen and oxygen atoms in total. The topological polar surface area (TPSA) is 52.9 Å². The van der Waals surface area contributed by atoms with Crippen molar-refractivity contribution in [2.24, 2.45) is 0 Å². The lowest BCUT2D eigenvalue weighted by atomic mass is 10.0. The van der Waals surface area contributed by atoms with Crippen LogP contribution in [0.4, 0.5) is 0 Å². The number of para-hydroxylation sites is 4. The van der Waals surface area contributed by atoms with Crippen molar-refractivity contribution in [3.63, 3.8) is 0 Å². The molecule has 4 aromatic heterocycles. The van der Waals surface area contributed by atoms with Crippen LogP contribution in [0.3, 0.4) is 0 Å². The van der Waals surface area contributed by atoms with Crippen LogP contribution in [0.5, 0.6) is 0 Å². The minimum absolute atomic E-state index is 0.573. The van der Waals surface area contributed by atoms with E-state index in [4.69, 9.17) is 15.0 Å². The zero-order chi connectivity index (χ0) is 34.9. The summed E-state index contributed by atoms with van der Waals surface area (Å²) in [7, 11) is 0. The van der Waals surface area contributed by atoms with Crippen LogP contribution in [0.1, 0.15) is 0 Å². The summed E-state index contributed by atoms with van der Waals surface area (Å²) in [6, 6.07) is 63.7. The molecule has 0 fully saturated rings. The van der Waals surface area contributed by atoms with Gasteiger partial charge in [0.05, 0.1) is 44.5 Å². The van der Waals surface area contributed by atoms with E-state index in [9.17, 15) is 0 Å². The molecule has 4 heterocycles. The summed E-state index contributed by atoms with van der Waals surface area (Å²) in [5.41, 5.74) is 13.5. The number of rotatable bonds is 5. The fourth-order valence-electron chi connectivity index (χ4n) is 7.83. The number of benzene rings is 7. The predicted molar refractivity (Wildman–Crippen MR) is 216 cm³/mol. The highest BCUT2D eigenvalue weighted by molar-refractivity contribution is 6.10. The number of nitrogens with zero attached hydrogens (tertiary/aromatic N) is 6. The third kappa shape index (κ3) is 4.63. The molecule has 0 amide bonds. The molecule has 0 saturated heterocycles. The second-order valence-corrected chi connectivity index (χ2v) is 13.4. The fraction of sp³-hybridized carbons (Fsp3) is 0. The molecule has 248 valence electrons. The van der Waals surface area contributed by atoms with Gasteiger partial charge in [-0.15, -0.1) is 0 Å². The average molecular weight is 679 g/mol. The van der Waals surface area contributed by atoms with Crippen molar-refractivity contribution >= 4 is 49.7 Å². The predicted octanol–water partition coefficient (Wildman–Crippen LogP) is 11.3. The van der Waals surface area contributed by atoms with Crippen molar-refractivity contribution in [3.05, 3.63) is 182 Å². The van der Waals surface area contributed by atoms with Gasteiger partial charge in [-0.3, -0.25) is 4.40 Å². The lowest BCUT2D eigenvalue weighted by Gasteiger charge is -2.11. The highest BCUT2D eigenvalue weighted by atomic mass is 15.3. The molecule has 11 aromatic rings. The molecule has 11 rings (SSSR count). The van der Waals surface area contributed by atoms with Crippen LogP contribution in [0, 0.1) is 0 Å². The largest absolute Gasteiger partial charge is 0.309 e. The van der Waals surface area contributed by atoms with Crippen molar-refractivity contribution in [1.29, 1.82) is 0 Å². The van der Waals surface area contributed by atoms with E-state index in [-0.39, 0.29) is 0 Å². The van der Waals surface area contributed by atoms with Gasteiger partial charge in [0.15, 0.2) is 0 Å². The Balaban J connectivity index is 1.15. The molecule has 0 spiro atoms. The zero-order valence-electron chi connectivity index (χ0n) is 28.5. The Morgan fingerprint density at radius 1 is 0.340 bits per heavy atom. The Morgan fingerprint density at radius 2 is 0.906 bits per heavy atom. The minimum atomic E-state index is 0.573. The third-order valence-electron chi connectivity index (χ3n) is 10.3. The summed E-state index contributed by atoms with van der Waals surface area (Å²) in [5.74, 6) is 1.34. The smallest absolute Gasteiger partial charge is 0.238 e. The Labute approximate surface area is 304 Å². The molecule has 0 aliphatic rings. The van der Waals surface area contributed by atoms with Crippen LogP contribution < -0.4 is 0 Å². The number of imidazole rings is 2. The summed E-state index contributed by atoms with van der Waals surface area (Å²) in [5, 5.41) is 2.45. The van der Waals surface area contributed by atoms with Gasteiger partial charge in [0.2, 0.25) is 11.7 Å². The second-order valence-electron chi connectivity index (χ2n) is 13.4. The molecule has 0 unspecified atom stereocenters. The first kappa shape index (κ1) is 29.4. The number of fused-ring (bicyclic) bond motifs is 8. The SMILES string of the molecule is c1ccc(-c2cc(-c3ccccc3)nc(-n3c4ccc(-c5ccc6c(c5)c5ccccc5n6-c5ccccc5)cc4n4c5ccccc5nc34)n2)cc1. The molecule has 0 bridgehead atoms. The van der Waals surface area contributed by atoms with E-state index in [1.807, 2.05) is 42.5 Å². The van der Waals surface area contributed by atoms with Gasteiger partial charge in [-0.25, -0.2) is 19.5 Å². The monoisotopic (exact) mass is 678 g/mol. The van der Waals surface area contributed by atoms with Crippen molar-refractivity contribution in [2.45, 2.75) is 0 Å². The van der Waals surface area contributed by atoms with Crippen LogP contribution >= 0.6 is 0 Å². The first-order valence-electron chi connectivity index (χ1n) is 17.8. The molecule has 0 aliphatic carbocycles. The maximum absolute atomic E-state index is 5.21. The van der Waals surface area contributed by atoms with Gasteiger partial charge in [0, 0.05) is 27.6 Å². The van der Waals surface area contributed by atoms with E-state index in [0.717, 1.165) is 67.2 Å². The van der Waals surface area contributed by atoms with Crippen molar-refractivity contribution in [3.8, 4) is 45.3 Å². The van der Waals surface area contributed by atoms with Gasteiger partial charge in [-0.2, -0.15) is 0 Å². The third-order valence-corrected chi connectivity index (χ3v) is 10.3. The second kappa shape index (κ2) is 11.6. The summed E-state index contributed by atoms with van der Waals surface area (Å²) in [6.45, 7) is 0. The summed E-state index contributed by atoms with van der Waals surface area (Å²) in [6.07, 6.45) is 0. The molecular weight excluding hydrogens is 649 g/mol. The average Bonchev–Trinajstić information content (AvgIpc) is 3.88. The Bertz CT molecular complexity index is 3100. The van der Waals surface area contributed by atoms with E-state index in [0.29, 0.717) is 5.95 Å². The Kier molecular flexibility index (Phi) is 6.45. The first-order valence-corrected chi connectivity index (χ1v) is 17.8. The van der Waals surface area contributed by atoms with E-state index >= 15 is 0 Å². The molecule has 0 atom stereocenters. The van der Waals surface area contributed by atoms with Gasteiger partial charge >= 0.3 is 0 Å². The van der Waals surface area contributed by atoms with Gasteiger partial charge in [0.1, 0.15) is 0 Å². The molecule has 7 aromatic carbocycles. The highest BCUT2D eigenvalue weighted by Gasteiger charge is 2.21. The normalized spacial score (nSPS) is 11.8. The standard InChI is InChI=1S/C47H30N6/c1-4-14-31(15-5-1)39-30-40(32-16-6-2-7-17-32)49-46(48-39)53-44-27-25-34(29-45(44)52-43-23-13-11-21-38(43)50-47(52)53)33-24-26-42-37(28-33)36-20-10-12-22-41(36)51(42)35-18-8-3-9-19-35/h1-30H. The summed E-state index contributed by atoms with van der Waals surface area (Å²) < 4.78 is 6.70. The fourth-order valence-corrected chi connectivity index (χ4v) is 7.83. The zero-order valence-corrected chi connectivity index (χ0v) is 28.5. The quantitative estimate of drug-likeness (QED) is 0.182. The van der Waals surface area contributed by atoms with Crippen molar-refractivity contribution in [1.82, 2.24) is 28.5 Å². The number of hydrogen-bond acceptors (Lipinski definition) is 3. The van der Waals surface area contributed by atoms with Crippen molar-refractivity contribution < 1.29 is 0 Å². The number of hydrogen-bond donors (Lipinski definition) is 0. The molecule has 53 heavy (non-hydrogen) atoms. The Morgan fingerprint density at radius 3 is 1.62 bits per heavy atom. The van der Waals surface area contributed by atoms with Gasteiger partial charge < -0.3 is 4.57 Å². The Hall–Kier alpha value is -7.31. The molecule has 0 N–H and O–H groups in total. The van der Waals surface area contributed by atoms with Crippen LogP contribution in [-0.4, -0.2) is 28.5 Å². The highest BCUT2D eigenvalue weighted by Crippen LogP contribution is 2.37. The molecule has 0 saturated carbocycles. The van der Waals surface area contributed by atoms with Crippen LogP contribution in [0.2, 0.25) is 0 Å². The van der Waals surface area contributed by atoms with Crippen LogP contribution in [0.25, 0.3) is 94.9 Å².